The zero-order chi connectivity index (χ0) is 28.2. The normalized spacial score (nSPS) is 46.5. The predicted molar refractivity (Wildman–Crippen MR) is 148 cm³/mol. The van der Waals surface area contributed by atoms with Crippen molar-refractivity contribution in [2.24, 2.45) is 40.4 Å². The number of rotatable bonds is 4. The number of hydrogen-bond acceptors (Lipinski definition) is 7. The lowest BCUT2D eigenvalue weighted by atomic mass is 9.43. The highest BCUT2D eigenvalue weighted by Gasteiger charge is 2.81. The Morgan fingerprint density at radius 3 is 2.65 bits per heavy atom. The summed E-state index contributed by atoms with van der Waals surface area (Å²) in [5, 5.41) is 21.0. The van der Waals surface area contributed by atoms with E-state index in [1.165, 1.54) is 0 Å². The highest BCUT2D eigenvalue weighted by molar-refractivity contribution is 6.24. The van der Waals surface area contributed by atoms with Crippen LogP contribution in [0.15, 0.2) is 41.6 Å². The van der Waals surface area contributed by atoms with Gasteiger partial charge in [0.05, 0.1) is 29.4 Å². The van der Waals surface area contributed by atoms with Crippen LogP contribution in [0.1, 0.15) is 71.9 Å². The second-order valence-electron chi connectivity index (χ2n) is 13.9. The summed E-state index contributed by atoms with van der Waals surface area (Å²) in [6.45, 7) is 8.40. The molecule has 40 heavy (non-hydrogen) atoms. The van der Waals surface area contributed by atoms with E-state index in [0.29, 0.717) is 41.0 Å². The number of Topliss-reactive ketones (excluding diaryl/α,β-unsaturated/α-hetero) is 1. The van der Waals surface area contributed by atoms with Gasteiger partial charge in [-0.05, 0) is 99.2 Å². The minimum atomic E-state index is -0.830. The molecular weight excluding hydrogens is 506 g/mol. The lowest BCUT2D eigenvalue weighted by Gasteiger charge is -2.58. The van der Waals surface area contributed by atoms with E-state index >= 15 is 0 Å². The summed E-state index contributed by atoms with van der Waals surface area (Å²) < 4.78 is 12.3. The number of aromatic nitrogens is 1. The molecule has 0 aromatic carbocycles. The van der Waals surface area contributed by atoms with Gasteiger partial charge < -0.3 is 19.7 Å². The quantitative estimate of drug-likeness (QED) is 0.428. The van der Waals surface area contributed by atoms with Crippen LogP contribution in [0.4, 0.5) is 0 Å². The SMILES string of the molecule is CC1=C(CO)C(=O)O[C@@H]([C@@H](C)[C@H]2CC[C@H]3[C@@H]4C[C@H]5O[C@]56[C@@H](O)C=C(c5ccccn5)C(=O)[C@]6(C)[C@H]4CC[C@]23C)C1. The molecule has 3 heterocycles. The van der Waals surface area contributed by atoms with Gasteiger partial charge in [0.25, 0.3) is 0 Å². The summed E-state index contributed by atoms with van der Waals surface area (Å²) in [6.07, 6.45) is 7.94. The molecule has 2 N–H and O–H groups in total. The van der Waals surface area contributed by atoms with Gasteiger partial charge in [0, 0.05) is 18.2 Å². The molecule has 6 aliphatic rings. The highest BCUT2D eigenvalue weighted by atomic mass is 16.6. The van der Waals surface area contributed by atoms with Crippen molar-refractivity contribution in [3.05, 3.63) is 47.3 Å². The number of hydrogen-bond donors (Lipinski definition) is 2. The third-order valence-corrected chi connectivity index (χ3v) is 12.6. The second-order valence-corrected chi connectivity index (χ2v) is 13.9. The van der Waals surface area contributed by atoms with Crippen LogP contribution in [0.3, 0.4) is 0 Å². The van der Waals surface area contributed by atoms with Crippen LogP contribution in [-0.4, -0.2) is 57.5 Å². The Morgan fingerprint density at radius 1 is 1.15 bits per heavy atom. The average Bonchev–Trinajstić information content (AvgIpc) is 3.58. The number of carbonyl (C=O) groups excluding carboxylic acids is 2. The minimum absolute atomic E-state index is 0.0660. The summed E-state index contributed by atoms with van der Waals surface area (Å²) in [5.74, 6) is 1.25. The first-order valence-electron chi connectivity index (χ1n) is 15.1. The van der Waals surface area contributed by atoms with E-state index in [2.05, 4.69) is 25.8 Å². The van der Waals surface area contributed by atoms with Crippen molar-refractivity contribution in [2.75, 3.05) is 6.61 Å². The number of esters is 1. The largest absolute Gasteiger partial charge is 0.458 e. The maximum Gasteiger partial charge on any atom is 0.336 e. The summed E-state index contributed by atoms with van der Waals surface area (Å²) >= 11 is 0. The Bertz CT molecular complexity index is 1320. The van der Waals surface area contributed by atoms with E-state index < -0.39 is 17.1 Å². The van der Waals surface area contributed by atoms with Crippen molar-refractivity contribution in [3.63, 3.8) is 0 Å². The molecule has 1 spiro atoms. The Balaban J connectivity index is 1.18. The van der Waals surface area contributed by atoms with Crippen molar-refractivity contribution < 1.29 is 29.3 Å². The molecule has 4 aliphatic carbocycles. The van der Waals surface area contributed by atoms with Gasteiger partial charge in [0.1, 0.15) is 17.8 Å². The number of epoxide rings is 1. The number of aliphatic hydroxyl groups excluding tert-OH is 2. The van der Waals surface area contributed by atoms with Crippen molar-refractivity contribution >= 4 is 17.3 Å². The molecule has 0 unspecified atom stereocenters. The Morgan fingerprint density at radius 2 is 1.95 bits per heavy atom. The Kier molecular flexibility index (Phi) is 5.86. The fourth-order valence-corrected chi connectivity index (χ4v) is 10.5. The van der Waals surface area contributed by atoms with E-state index in [-0.39, 0.29) is 47.8 Å². The molecule has 214 valence electrons. The summed E-state index contributed by atoms with van der Waals surface area (Å²) in [7, 11) is 0. The number of allylic oxidation sites excluding steroid dienone is 1. The van der Waals surface area contributed by atoms with E-state index in [1.807, 2.05) is 25.1 Å². The van der Waals surface area contributed by atoms with Crippen LogP contribution >= 0.6 is 0 Å². The summed E-state index contributed by atoms with van der Waals surface area (Å²) in [4.78, 5) is 31.5. The molecule has 7 rings (SSSR count). The van der Waals surface area contributed by atoms with Gasteiger partial charge in [-0.2, -0.15) is 0 Å². The van der Waals surface area contributed by atoms with Gasteiger partial charge in [0.15, 0.2) is 5.78 Å². The molecular formula is C33H41NO6. The molecule has 4 fully saturated rings. The van der Waals surface area contributed by atoms with Crippen LogP contribution in [0.5, 0.6) is 0 Å². The van der Waals surface area contributed by atoms with Gasteiger partial charge >= 0.3 is 5.97 Å². The Hall–Kier alpha value is -2.35. The van der Waals surface area contributed by atoms with Gasteiger partial charge in [0.2, 0.25) is 0 Å². The fraction of sp³-hybridized carbons (Fsp3) is 0.667. The van der Waals surface area contributed by atoms with Gasteiger partial charge in [-0.3, -0.25) is 9.78 Å². The van der Waals surface area contributed by atoms with Crippen molar-refractivity contribution in [1.82, 2.24) is 4.98 Å². The van der Waals surface area contributed by atoms with Crippen LogP contribution in [-0.2, 0) is 19.1 Å². The summed E-state index contributed by atoms with van der Waals surface area (Å²) in [6, 6.07) is 5.57. The van der Waals surface area contributed by atoms with E-state index in [4.69, 9.17) is 9.47 Å². The molecule has 7 heteroatoms. The number of cyclic esters (lactones) is 1. The molecule has 1 aromatic heterocycles. The second kappa shape index (κ2) is 8.83. The molecule has 1 aromatic rings. The molecule has 0 bridgehead atoms. The number of ketones is 1. The Labute approximate surface area is 236 Å². The number of ether oxygens (including phenoxy) is 2. The molecule has 11 atom stereocenters. The van der Waals surface area contributed by atoms with E-state index in [1.54, 1.807) is 12.3 Å². The summed E-state index contributed by atoms with van der Waals surface area (Å²) in [5.41, 5.74) is 0.943. The highest BCUT2D eigenvalue weighted by Crippen LogP contribution is 2.73. The standard InChI is InChI=1S/C33H41NO6/c1-17-13-26(39-30(38)21(17)16-35)18(2)22-8-9-23-19-15-28-33(40-28)27(36)14-20(25-7-5-6-12-34-25)29(37)32(33,4)24(19)10-11-31(22,23)3/h5-7,12,14,18-19,22-24,26-28,35-36H,8-11,13,15-16H2,1-4H3/t18-,19-,22+,23-,24-,26+,27-,28+,31+,32-,33+/m0/s1. The van der Waals surface area contributed by atoms with Gasteiger partial charge in [-0.15, -0.1) is 0 Å². The van der Waals surface area contributed by atoms with Crippen molar-refractivity contribution in [3.8, 4) is 0 Å². The number of pyridine rings is 1. The number of aliphatic hydroxyl groups is 2. The first-order chi connectivity index (χ1) is 19.1. The maximum atomic E-state index is 14.4. The van der Waals surface area contributed by atoms with Gasteiger partial charge in [-0.1, -0.05) is 25.5 Å². The van der Waals surface area contributed by atoms with E-state index in [0.717, 1.165) is 37.7 Å². The molecule has 0 radical (unpaired) electrons. The molecule has 2 aliphatic heterocycles. The van der Waals surface area contributed by atoms with Crippen LogP contribution < -0.4 is 0 Å². The zero-order valence-corrected chi connectivity index (χ0v) is 23.9. The molecule has 0 amide bonds. The minimum Gasteiger partial charge on any atom is -0.458 e. The average molecular weight is 548 g/mol. The van der Waals surface area contributed by atoms with Crippen molar-refractivity contribution in [2.45, 2.75) is 90.1 Å². The lowest BCUT2D eigenvalue weighted by molar-refractivity contribution is -0.155. The van der Waals surface area contributed by atoms with Crippen molar-refractivity contribution in [1.29, 1.82) is 0 Å². The lowest BCUT2D eigenvalue weighted by Crippen LogP contribution is -2.64. The van der Waals surface area contributed by atoms with Crippen LogP contribution in [0.25, 0.3) is 5.57 Å². The monoisotopic (exact) mass is 547 g/mol. The smallest absolute Gasteiger partial charge is 0.336 e. The molecule has 7 nitrogen and oxygen atoms in total. The first-order valence-corrected chi connectivity index (χ1v) is 15.1. The third-order valence-electron chi connectivity index (χ3n) is 12.6. The number of nitrogens with zero attached hydrogens (tertiary/aromatic N) is 1. The first kappa shape index (κ1) is 26.5. The third kappa shape index (κ3) is 3.26. The predicted octanol–water partition coefficient (Wildman–Crippen LogP) is 4.28. The number of carbonyl (C=O) groups is 2. The zero-order valence-electron chi connectivity index (χ0n) is 23.9. The molecule has 1 saturated heterocycles. The van der Waals surface area contributed by atoms with E-state index in [9.17, 15) is 19.8 Å². The maximum absolute atomic E-state index is 14.4. The van der Waals surface area contributed by atoms with Gasteiger partial charge in [-0.25, -0.2) is 4.79 Å². The fourth-order valence-electron chi connectivity index (χ4n) is 10.5. The number of fused-ring (bicyclic) bond motifs is 4. The van der Waals surface area contributed by atoms with Crippen LogP contribution in [0, 0.1) is 40.4 Å². The molecule has 3 saturated carbocycles. The topological polar surface area (TPSA) is 109 Å². The van der Waals surface area contributed by atoms with Crippen LogP contribution in [0.2, 0.25) is 0 Å².